The van der Waals surface area contributed by atoms with Gasteiger partial charge >= 0.3 is 5.97 Å². The molecule has 418 valence electrons. The van der Waals surface area contributed by atoms with Crippen LogP contribution in [-0.2, 0) is 52.5 Å². The molecule has 75 heavy (non-hydrogen) atoms. The lowest BCUT2D eigenvalue weighted by molar-refractivity contribution is -0.265. The number of carbonyl (C=O) groups excluding carboxylic acids is 5. The molecule has 3 N–H and O–H groups in total. The summed E-state index contributed by atoms with van der Waals surface area (Å²) in [6.45, 7) is 14.6. The number of ketones is 3. The lowest BCUT2D eigenvalue weighted by Gasteiger charge is -2.43. The average Bonchev–Trinajstić information content (AvgIpc) is 3.39. The van der Waals surface area contributed by atoms with Crippen molar-refractivity contribution in [2.45, 2.75) is 199 Å². The van der Waals surface area contributed by atoms with Crippen LogP contribution >= 0.6 is 11.6 Å². The van der Waals surface area contributed by atoms with Crippen LogP contribution < -0.4 is 5.06 Å². The van der Waals surface area contributed by atoms with Gasteiger partial charge in [-0.15, -0.1) is 0 Å². The van der Waals surface area contributed by atoms with Crippen molar-refractivity contribution >= 4 is 46.5 Å². The third kappa shape index (κ3) is 14.5. The topological polar surface area (TPSA) is 208 Å². The van der Waals surface area contributed by atoms with E-state index < -0.39 is 90.0 Å². The zero-order valence-electron chi connectivity index (χ0n) is 46.1. The van der Waals surface area contributed by atoms with Crippen molar-refractivity contribution in [3.8, 4) is 0 Å². The Morgan fingerprint density at radius 2 is 1.59 bits per heavy atom. The van der Waals surface area contributed by atoms with Gasteiger partial charge in [0.1, 0.15) is 36.2 Å². The molecule has 3 fully saturated rings. The molecule has 17 heteroatoms. The molecule has 16 nitrogen and oxygen atoms in total. The molecule has 4 bridgehead atoms. The maximum Gasteiger partial charge on any atom is 0.329 e. The highest BCUT2D eigenvalue weighted by Crippen LogP contribution is 2.39. The standard InChI is InChI=1S/C58H85ClN2O14/c1-32-27-41(17-20-44(32)59)61-45-21-19-43(75-61)28-36(5)49(70-9)30-42-18-15-39(8)58(69,74-42)55(66)56(67)60-23-13-12-14-46(60)57(68)73-50(35(4)26-40-16-22-47(62)51(29-40)71-10)31-48(63)34(3)25-38(7)53(65)54(72-11)52(64)37(6)24-33(45)2/h17,19-21,25,27-28,33-35,37,39-40,42-43,45-47,49-51,53-54,62,65,69H,12-16,18,22-24,26,29-31H2,1-11H3/b36-28+,38-25+/t33-,34+,35+,37+,39+,40-,42-,43?,45?,46-,47+,49-,50-,51+,53+,54-,58+/m0/s1. The van der Waals surface area contributed by atoms with E-state index in [4.69, 9.17) is 40.1 Å². The molecule has 7 rings (SSSR count). The summed E-state index contributed by atoms with van der Waals surface area (Å²) in [4.78, 5) is 79.9. The number of methoxy groups -OCH3 is 3. The Hall–Kier alpha value is -3.84. The molecule has 17 atom stereocenters. The van der Waals surface area contributed by atoms with E-state index in [9.17, 15) is 39.3 Å². The van der Waals surface area contributed by atoms with E-state index in [1.54, 1.807) is 41.1 Å². The fraction of sp³-hybridized carbons (Fsp3) is 0.707. The number of aryl methyl sites for hydroxylation is 1. The average molecular weight is 1070 g/mol. The molecule has 1 aromatic rings. The van der Waals surface area contributed by atoms with Gasteiger partial charge in [-0.25, -0.2) is 9.86 Å². The van der Waals surface area contributed by atoms with Crippen LogP contribution in [0.2, 0.25) is 5.02 Å². The van der Waals surface area contributed by atoms with Gasteiger partial charge in [0.2, 0.25) is 5.79 Å². The maximum atomic E-state index is 14.5. The summed E-state index contributed by atoms with van der Waals surface area (Å²) in [5.74, 6) is -8.58. The number of halogens is 1. The van der Waals surface area contributed by atoms with Crippen LogP contribution in [0.5, 0.6) is 0 Å². The second-order valence-corrected chi connectivity index (χ2v) is 22.9. The predicted octanol–water partition coefficient (Wildman–Crippen LogP) is 7.78. The number of fused-ring (bicyclic) bond motifs is 16. The smallest absolute Gasteiger partial charge is 0.329 e. The first-order chi connectivity index (χ1) is 35.5. The first-order valence-corrected chi connectivity index (χ1v) is 27.6. The van der Waals surface area contributed by atoms with E-state index >= 15 is 0 Å². The SMILES string of the molecule is CO[C@H]1C[C@@H]2CC[C@@H](C)[C@@](O)(O2)C(=O)C(=O)N2CCCC[C@H]2C(=O)O[C@H]([C@H](C)C[C@@H]2CC[C@@H](O)[C@H](OC)C2)CC(=O)[C@H](C)/C=C(\C)[C@@H](O)[C@@H](OC)C(=O)[C@H](C)C[C@H](C)C2C=CC(/C=C/1C)ON2c1ccc(Cl)c(C)c1. The predicted molar refractivity (Wildman–Crippen MR) is 283 cm³/mol. The molecule has 0 radical (unpaired) electrons. The molecule has 1 aliphatic carbocycles. The molecule has 5 aliphatic heterocycles. The van der Waals surface area contributed by atoms with Crippen LogP contribution in [-0.4, -0.2) is 144 Å². The van der Waals surface area contributed by atoms with E-state index in [-0.39, 0.29) is 67.3 Å². The number of carbonyl (C=O) groups is 5. The van der Waals surface area contributed by atoms with Gasteiger partial charge < -0.3 is 43.9 Å². The summed E-state index contributed by atoms with van der Waals surface area (Å²) < 4.78 is 29.9. The molecular formula is C58H85ClN2O14. The van der Waals surface area contributed by atoms with Crippen molar-refractivity contribution in [3.63, 3.8) is 0 Å². The van der Waals surface area contributed by atoms with Crippen LogP contribution in [0.4, 0.5) is 5.69 Å². The molecule has 5 heterocycles. The Labute approximate surface area is 449 Å². The highest BCUT2D eigenvalue weighted by molar-refractivity contribution is 6.39. The fourth-order valence-corrected chi connectivity index (χ4v) is 12.1. The third-order valence-electron chi connectivity index (χ3n) is 16.9. The number of piperidine rings is 1. The Morgan fingerprint density at radius 3 is 2.27 bits per heavy atom. The zero-order chi connectivity index (χ0) is 55.1. The number of rotatable bonds is 7. The largest absolute Gasteiger partial charge is 0.460 e. The monoisotopic (exact) mass is 1070 g/mol. The highest BCUT2D eigenvalue weighted by atomic mass is 35.5. The number of aliphatic hydroxyl groups is 3. The van der Waals surface area contributed by atoms with Crippen LogP contribution in [0.3, 0.4) is 0 Å². The zero-order valence-corrected chi connectivity index (χ0v) is 46.8. The number of hydrogen-bond acceptors (Lipinski definition) is 15. The Kier molecular flexibility index (Phi) is 21.5. The van der Waals surface area contributed by atoms with Gasteiger partial charge in [-0.1, -0.05) is 64.4 Å². The third-order valence-corrected chi connectivity index (χ3v) is 17.3. The first kappa shape index (κ1) is 60.4. The van der Waals surface area contributed by atoms with Crippen molar-refractivity contribution in [2.24, 2.45) is 35.5 Å². The van der Waals surface area contributed by atoms with Gasteiger partial charge in [-0.05, 0) is 144 Å². The van der Waals surface area contributed by atoms with Gasteiger partial charge in [-0.3, -0.25) is 24.0 Å². The van der Waals surface area contributed by atoms with Crippen LogP contribution in [0.25, 0.3) is 0 Å². The highest BCUT2D eigenvalue weighted by Gasteiger charge is 2.53. The molecule has 1 aromatic carbocycles. The lowest BCUT2D eigenvalue weighted by Crippen LogP contribution is -2.61. The lowest BCUT2D eigenvalue weighted by atomic mass is 9.78. The number of Topliss-reactive ketones (excluding diaryl/α,β-unsaturated/α-hetero) is 3. The molecule has 2 saturated heterocycles. The number of aliphatic hydroxyl groups excluding tert-OH is 2. The van der Waals surface area contributed by atoms with Crippen LogP contribution in [0.15, 0.2) is 53.6 Å². The van der Waals surface area contributed by atoms with E-state index in [1.807, 2.05) is 70.0 Å². The Balaban J connectivity index is 1.36. The maximum absolute atomic E-state index is 14.5. The first-order valence-electron chi connectivity index (χ1n) is 27.3. The number of nitrogens with zero attached hydrogens (tertiary/aromatic N) is 2. The van der Waals surface area contributed by atoms with Crippen LogP contribution in [0, 0.1) is 42.4 Å². The fourth-order valence-electron chi connectivity index (χ4n) is 12.0. The van der Waals surface area contributed by atoms with Crippen molar-refractivity contribution in [2.75, 3.05) is 32.9 Å². The normalized spacial score (nSPS) is 38.5. The molecule has 1 amide bonds. The number of esters is 1. The Morgan fingerprint density at radius 1 is 0.853 bits per heavy atom. The van der Waals surface area contributed by atoms with E-state index in [0.29, 0.717) is 68.4 Å². The minimum atomic E-state index is -2.49. The van der Waals surface area contributed by atoms with Gasteiger partial charge in [0.15, 0.2) is 5.78 Å². The molecule has 6 aliphatic rings. The van der Waals surface area contributed by atoms with E-state index in [2.05, 4.69) is 6.08 Å². The minimum Gasteiger partial charge on any atom is -0.460 e. The molecule has 1 saturated carbocycles. The van der Waals surface area contributed by atoms with Crippen molar-refractivity contribution < 1.29 is 67.8 Å². The number of amides is 1. The van der Waals surface area contributed by atoms with E-state index in [1.165, 1.54) is 12.0 Å². The number of hydroxylamine groups is 1. The molecule has 0 spiro atoms. The number of benzene rings is 1. The minimum absolute atomic E-state index is 0.0650. The second-order valence-electron chi connectivity index (χ2n) is 22.5. The summed E-state index contributed by atoms with van der Waals surface area (Å²) >= 11 is 6.49. The molecule has 0 aromatic heterocycles. The number of ether oxygens (including phenoxy) is 5. The molecule has 2 unspecified atom stereocenters. The van der Waals surface area contributed by atoms with Crippen LogP contribution in [0.1, 0.15) is 131 Å². The number of anilines is 1. The summed E-state index contributed by atoms with van der Waals surface area (Å²) in [5, 5.41) is 36.9. The van der Waals surface area contributed by atoms with Crippen molar-refractivity contribution in [3.05, 3.63) is 64.2 Å². The second kappa shape index (κ2) is 26.7. The number of allylic oxidation sites excluding steroid dienone is 1. The van der Waals surface area contributed by atoms with E-state index in [0.717, 1.165) is 16.8 Å². The quantitative estimate of drug-likeness (QED) is 0.135. The summed E-state index contributed by atoms with van der Waals surface area (Å²) in [5.41, 5.74) is 2.76. The van der Waals surface area contributed by atoms with Gasteiger partial charge in [0.25, 0.3) is 11.7 Å². The van der Waals surface area contributed by atoms with Gasteiger partial charge in [0, 0.05) is 63.5 Å². The summed E-state index contributed by atoms with van der Waals surface area (Å²) in [6.07, 6.45) is 6.19. The summed E-state index contributed by atoms with van der Waals surface area (Å²) in [7, 11) is 4.51. The van der Waals surface area contributed by atoms with Gasteiger partial charge in [0.05, 0.1) is 36.1 Å². The van der Waals surface area contributed by atoms with Gasteiger partial charge in [-0.2, -0.15) is 0 Å². The molecular weight excluding hydrogens is 984 g/mol. The number of hydrogen-bond donors (Lipinski definition) is 3. The summed E-state index contributed by atoms with van der Waals surface area (Å²) in [6, 6.07) is 4.13. The van der Waals surface area contributed by atoms with Crippen molar-refractivity contribution in [1.29, 1.82) is 0 Å². The Bertz CT molecular complexity index is 2270. The van der Waals surface area contributed by atoms with Crippen molar-refractivity contribution in [1.82, 2.24) is 4.90 Å².